The van der Waals surface area contributed by atoms with Crippen molar-refractivity contribution in [3.63, 3.8) is 0 Å². The molecule has 2 nitrogen and oxygen atoms in total. The van der Waals surface area contributed by atoms with Crippen LogP contribution in [0, 0.1) is 5.41 Å². The molecule has 1 fully saturated rings. The molecular weight excluding hydrogens is 248 g/mol. The fourth-order valence-corrected chi connectivity index (χ4v) is 4.50. The summed E-state index contributed by atoms with van der Waals surface area (Å²) in [5.74, 6) is 0.804. The zero-order valence-electron chi connectivity index (χ0n) is 11.8. The maximum absolute atomic E-state index is 10.1. The van der Waals surface area contributed by atoms with E-state index < -0.39 is 0 Å². The molecule has 4 rings (SSSR count). The average molecular weight is 268 g/mol. The van der Waals surface area contributed by atoms with Gasteiger partial charge in [0.15, 0.2) is 0 Å². The van der Waals surface area contributed by atoms with Crippen molar-refractivity contribution in [2.75, 3.05) is 0 Å². The van der Waals surface area contributed by atoms with Crippen molar-refractivity contribution in [1.29, 1.82) is 0 Å². The molecule has 0 aromatic heterocycles. The first-order valence-corrected chi connectivity index (χ1v) is 7.49. The minimum absolute atomic E-state index is 0.157. The van der Waals surface area contributed by atoms with Crippen LogP contribution in [-0.2, 0) is 6.42 Å². The average Bonchev–Trinajstić information content (AvgIpc) is 2.72. The van der Waals surface area contributed by atoms with Gasteiger partial charge in [-0.3, -0.25) is 0 Å². The monoisotopic (exact) mass is 268 g/mol. The summed E-state index contributed by atoms with van der Waals surface area (Å²) in [6, 6.07) is 10.0. The summed E-state index contributed by atoms with van der Waals surface area (Å²) >= 11 is 0. The summed E-state index contributed by atoms with van der Waals surface area (Å²) in [6.07, 6.45) is 3.84. The second-order valence-corrected chi connectivity index (χ2v) is 6.84. The molecule has 0 radical (unpaired) electrons. The number of phenolic OH excluding ortho intramolecular Hbond substituents is 1. The number of hydrogen-bond acceptors (Lipinski definition) is 2. The first-order chi connectivity index (χ1) is 9.57. The Labute approximate surface area is 119 Å². The van der Waals surface area contributed by atoms with Gasteiger partial charge in [-0.15, -0.1) is 0 Å². The number of aliphatic hydroxyl groups excluding tert-OH is 1. The highest BCUT2D eigenvalue weighted by atomic mass is 16.3. The van der Waals surface area contributed by atoms with E-state index in [-0.39, 0.29) is 11.5 Å². The molecule has 20 heavy (non-hydrogen) atoms. The summed E-state index contributed by atoms with van der Waals surface area (Å²) in [5, 5.41) is 22.2. The summed E-state index contributed by atoms with van der Waals surface area (Å²) in [4.78, 5) is 0. The lowest BCUT2D eigenvalue weighted by atomic mass is 9.66. The standard InChI is InChI=1S/C18H20O2/c1-18-7-6-14-15(17(18)9-13(20)10-18)5-3-11-2-4-12(19)8-16(11)14/h2-5,8,13,17,19-20H,6-7,9-10H2,1H3/t13-,17+,18?/m1/s1. The van der Waals surface area contributed by atoms with Gasteiger partial charge in [-0.1, -0.05) is 25.1 Å². The Bertz CT molecular complexity index is 691. The van der Waals surface area contributed by atoms with Gasteiger partial charge in [0, 0.05) is 0 Å². The number of aromatic hydroxyl groups is 1. The molecule has 0 saturated heterocycles. The van der Waals surface area contributed by atoms with Crippen LogP contribution in [-0.4, -0.2) is 16.3 Å². The largest absolute Gasteiger partial charge is 0.508 e. The van der Waals surface area contributed by atoms with Crippen LogP contribution in [0.4, 0.5) is 0 Å². The molecule has 2 aromatic rings. The van der Waals surface area contributed by atoms with Crippen molar-refractivity contribution < 1.29 is 10.2 Å². The highest BCUT2D eigenvalue weighted by Crippen LogP contribution is 2.56. The maximum atomic E-state index is 10.1. The summed E-state index contributed by atoms with van der Waals surface area (Å²) in [6.45, 7) is 2.32. The van der Waals surface area contributed by atoms with Gasteiger partial charge < -0.3 is 10.2 Å². The molecule has 0 amide bonds. The topological polar surface area (TPSA) is 40.5 Å². The van der Waals surface area contributed by atoms with E-state index in [1.165, 1.54) is 21.9 Å². The highest BCUT2D eigenvalue weighted by molar-refractivity contribution is 5.88. The van der Waals surface area contributed by atoms with E-state index >= 15 is 0 Å². The van der Waals surface area contributed by atoms with Crippen molar-refractivity contribution >= 4 is 10.8 Å². The number of rotatable bonds is 0. The van der Waals surface area contributed by atoms with Gasteiger partial charge in [0.2, 0.25) is 0 Å². The molecule has 104 valence electrons. The Kier molecular flexibility index (Phi) is 2.43. The lowest BCUT2D eigenvalue weighted by molar-refractivity contribution is 0.159. The third-order valence-corrected chi connectivity index (χ3v) is 5.53. The van der Waals surface area contributed by atoms with Crippen LogP contribution < -0.4 is 0 Å². The summed E-state index contributed by atoms with van der Waals surface area (Å²) in [5.41, 5.74) is 3.03. The second kappa shape index (κ2) is 3.98. The van der Waals surface area contributed by atoms with E-state index in [4.69, 9.17) is 0 Å². The SMILES string of the molecule is CC12CCc3c(ccc4ccc(O)cc34)[C@@H]1C[C@@H](O)C2. The molecule has 3 atom stereocenters. The van der Waals surface area contributed by atoms with Gasteiger partial charge in [0.05, 0.1) is 6.10 Å². The van der Waals surface area contributed by atoms with Gasteiger partial charge in [-0.05, 0) is 71.0 Å². The minimum atomic E-state index is -0.157. The number of benzene rings is 2. The van der Waals surface area contributed by atoms with Gasteiger partial charge in [-0.2, -0.15) is 0 Å². The predicted octanol–water partition coefficient (Wildman–Crippen LogP) is 3.74. The lowest BCUT2D eigenvalue weighted by Crippen LogP contribution is -2.26. The quantitative estimate of drug-likeness (QED) is 0.764. The van der Waals surface area contributed by atoms with E-state index in [1.54, 1.807) is 6.07 Å². The van der Waals surface area contributed by atoms with Crippen molar-refractivity contribution in [1.82, 2.24) is 0 Å². The number of fused-ring (bicyclic) bond motifs is 5. The van der Waals surface area contributed by atoms with Gasteiger partial charge >= 0.3 is 0 Å². The molecule has 2 heteroatoms. The second-order valence-electron chi connectivity index (χ2n) is 6.84. The highest BCUT2D eigenvalue weighted by Gasteiger charge is 2.46. The van der Waals surface area contributed by atoms with E-state index in [0.29, 0.717) is 11.7 Å². The molecule has 2 aliphatic rings. The predicted molar refractivity (Wildman–Crippen MR) is 80.0 cm³/mol. The minimum Gasteiger partial charge on any atom is -0.508 e. The normalized spacial score (nSPS) is 32.1. The molecular formula is C18H20O2. The van der Waals surface area contributed by atoms with Crippen molar-refractivity contribution in [2.45, 2.75) is 44.6 Å². The summed E-state index contributed by atoms with van der Waals surface area (Å²) in [7, 11) is 0. The molecule has 2 N–H and O–H groups in total. The van der Waals surface area contributed by atoms with Crippen LogP contribution >= 0.6 is 0 Å². The van der Waals surface area contributed by atoms with Crippen LogP contribution in [0.15, 0.2) is 30.3 Å². The Morgan fingerprint density at radius 1 is 1.20 bits per heavy atom. The lowest BCUT2D eigenvalue weighted by Gasteiger charge is -2.38. The van der Waals surface area contributed by atoms with E-state index in [1.807, 2.05) is 12.1 Å². The number of aliphatic hydroxyl groups is 1. The molecule has 1 saturated carbocycles. The van der Waals surface area contributed by atoms with E-state index in [2.05, 4.69) is 19.1 Å². The Balaban J connectivity index is 1.94. The van der Waals surface area contributed by atoms with Crippen LogP contribution in [0.5, 0.6) is 5.75 Å². The Morgan fingerprint density at radius 2 is 2.00 bits per heavy atom. The molecule has 0 bridgehead atoms. The van der Waals surface area contributed by atoms with Crippen molar-refractivity contribution in [3.8, 4) is 5.75 Å². The fraction of sp³-hybridized carbons (Fsp3) is 0.444. The summed E-state index contributed by atoms with van der Waals surface area (Å²) < 4.78 is 0. The molecule has 0 spiro atoms. The number of aryl methyl sites for hydroxylation is 1. The van der Waals surface area contributed by atoms with Gasteiger partial charge in [0.25, 0.3) is 0 Å². The van der Waals surface area contributed by atoms with Crippen molar-refractivity contribution in [3.05, 3.63) is 41.5 Å². The Hall–Kier alpha value is -1.54. The first kappa shape index (κ1) is 12.2. The van der Waals surface area contributed by atoms with Crippen LogP contribution in [0.2, 0.25) is 0 Å². The maximum Gasteiger partial charge on any atom is 0.116 e. The number of phenols is 1. The Morgan fingerprint density at radius 3 is 2.85 bits per heavy atom. The van der Waals surface area contributed by atoms with Crippen LogP contribution in [0.25, 0.3) is 10.8 Å². The molecule has 2 aliphatic carbocycles. The van der Waals surface area contributed by atoms with Gasteiger partial charge in [0.1, 0.15) is 5.75 Å². The third kappa shape index (κ3) is 1.61. The molecule has 1 unspecified atom stereocenters. The third-order valence-electron chi connectivity index (χ3n) is 5.53. The van der Waals surface area contributed by atoms with Gasteiger partial charge in [-0.25, -0.2) is 0 Å². The van der Waals surface area contributed by atoms with Crippen molar-refractivity contribution in [2.24, 2.45) is 5.41 Å². The number of hydrogen-bond donors (Lipinski definition) is 2. The van der Waals surface area contributed by atoms with Crippen LogP contribution in [0.1, 0.15) is 43.2 Å². The zero-order chi connectivity index (χ0) is 13.9. The van der Waals surface area contributed by atoms with E-state index in [9.17, 15) is 10.2 Å². The molecule has 0 aliphatic heterocycles. The first-order valence-electron chi connectivity index (χ1n) is 7.49. The zero-order valence-corrected chi connectivity index (χ0v) is 11.8. The molecule has 0 heterocycles. The smallest absolute Gasteiger partial charge is 0.116 e. The van der Waals surface area contributed by atoms with E-state index in [0.717, 1.165) is 25.7 Å². The van der Waals surface area contributed by atoms with Crippen LogP contribution in [0.3, 0.4) is 0 Å². The molecule has 2 aromatic carbocycles. The fourth-order valence-electron chi connectivity index (χ4n) is 4.50.